The second kappa shape index (κ2) is 5.93. The maximum atomic E-state index is 12.3. The fourth-order valence-electron chi connectivity index (χ4n) is 2.26. The average Bonchev–Trinajstić information content (AvgIpc) is 2.55. The van der Waals surface area contributed by atoms with Crippen LogP contribution < -0.4 is 5.32 Å². The number of anilines is 1. The highest BCUT2D eigenvalue weighted by atomic mass is 16.1. The summed E-state index contributed by atoms with van der Waals surface area (Å²) in [5.74, 6) is 0.328. The number of fused-ring (bicyclic) bond motifs is 1. The van der Waals surface area contributed by atoms with Gasteiger partial charge in [-0.2, -0.15) is 0 Å². The minimum atomic E-state index is -0.126. The summed E-state index contributed by atoms with van der Waals surface area (Å²) in [5, 5.41) is 2.89. The Kier molecular flexibility index (Phi) is 3.83. The van der Waals surface area contributed by atoms with Crippen LogP contribution in [0.5, 0.6) is 0 Å². The van der Waals surface area contributed by atoms with Crippen LogP contribution in [0.2, 0.25) is 0 Å². The lowest BCUT2D eigenvalue weighted by molar-refractivity contribution is 0.102. The molecule has 22 heavy (non-hydrogen) atoms. The van der Waals surface area contributed by atoms with Gasteiger partial charge in [0.05, 0.1) is 11.0 Å². The van der Waals surface area contributed by atoms with Crippen LogP contribution in [0.15, 0.2) is 54.9 Å². The number of rotatable bonds is 3. The number of hydrogen-bond acceptors (Lipinski definition) is 3. The molecule has 0 saturated heterocycles. The number of nitrogens with one attached hydrogen (secondary N) is 1. The van der Waals surface area contributed by atoms with Crippen molar-refractivity contribution in [3.63, 3.8) is 0 Å². The van der Waals surface area contributed by atoms with Crippen molar-refractivity contribution in [3.05, 3.63) is 66.0 Å². The molecular formula is C18H17N3O. The molecule has 0 saturated carbocycles. The van der Waals surface area contributed by atoms with Crippen LogP contribution in [-0.4, -0.2) is 15.9 Å². The maximum Gasteiger partial charge on any atom is 0.255 e. The SMILES string of the molecule is CC(C)c1ccc(C(=O)Nc2ccc3nccnc3c2)cc1. The minimum Gasteiger partial charge on any atom is -0.322 e. The molecule has 0 atom stereocenters. The molecule has 0 unspecified atom stereocenters. The van der Waals surface area contributed by atoms with Crippen LogP contribution >= 0.6 is 0 Å². The molecule has 1 amide bonds. The molecule has 3 aromatic rings. The van der Waals surface area contributed by atoms with Gasteiger partial charge in [-0.05, 0) is 41.8 Å². The second-order valence-corrected chi connectivity index (χ2v) is 5.49. The number of aromatic nitrogens is 2. The third-order valence-electron chi connectivity index (χ3n) is 3.57. The molecular weight excluding hydrogens is 274 g/mol. The summed E-state index contributed by atoms with van der Waals surface area (Å²) in [4.78, 5) is 20.7. The summed E-state index contributed by atoms with van der Waals surface area (Å²) in [7, 11) is 0. The van der Waals surface area contributed by atoms with Gasteiger partial charge in [0.15, 0.2) is 0 Å². The van der Waals surface area contributed by atoms with Gasteiger partial charge in [0.1, 0.15) is 0 Å². The zero-order chi connectivity index (χ0) is 15.5. The molecule has 4 heteroatoms. The van der Waals surface area contributed by atoms with Gasteiger partial charge >= 0.3 is 0 Å². The zero-order valence-electron chi connectivity index (χ0n) is 12.6. The molecule has 0 bridgehead atoms. The van der Waals surface area contributed by atoms with E-state index in [1.165, 1.54) is 5.56 Å². The van der Waals surface area contributed by atoms with E-state index in [4.69, 9.17) is 0 Å². The van der Waals surface area contributed by atoms with Gasteiger partial charge in [-0.15, -0.1) is 0 Å². The Morgan fingerprint density at radius 3 is 2.32 bits per heavy atom. The predicted molar refractivity (Wildman–Crippen MR) is 88.0 cm³/mol. The molecule has 1 N–H and O–H groups in total. The first-order chi connectivity index (χ1) is 10.6. The number of carbonyl (C=O) groups is 1. The fraction of sp³-hybridized carbons (Fsp3) is 0.167. The molecule has 0 fully saturated rings. The number of carbonyl (C=O) groups excluding carboxylic acids is 1. The van der Waals surface area contributed by atoms with Crippen molar-refractivity contribution in [1.82, 2.24) is 9.97 Å². The van der Waals surface area contributed by atoms with Crippen molar-refractivity contribution in [2.45, 2.75) is 19.8 Å². The largest absolute Gasteiger partial charge is 0.322 e. The van der Waals surface area contributed by atoms with Gasteiger partial charge in [-0.25, -0.2) is 0 Å². The predicted octanol–water partition coefficient (Wildman–Crippen LogP) is 4.01. The first kappa shape index (κ1) is 14.2. The Balaban J connectivity index is 1.80. The maximum absolute atomic E-state index is 12.3. The fourth-order valence-corrected chi connectivity index (χ4v) is 2.26. The standard InChI is InChI=1S/C18H17N3O/c1-12(2)13-3-5-14(6-4-13)18(22)21-15-7-8-16-17(11-15)20-10-9-19-16/h3-12H,1-2H3,(H,21,22). The summed E-state index contributed by atoms with van der Waals surface area (Å²) in [6.45, 7) is 4.26. The highest BCUT2D eigenvalue weighted by Crippen LogP contribution is 2.18. The molecule has 0 radical (unpaired) electrons. The molecule has 2 aromatic carbocycles. The third-order valence-corrected chi connectivity index (χ3v) is 3.57. The lowest BCUT2D eigenvalue weighted by atomic mass is 10.0. The van der Waals surface area contributed by atoms with E-state index in [9.17, 15) is 4.79 Å². The third kappa shape index (κ3) is 2.96. The Bertz CT molecular complexity index is 810. The summed E-state index contributed by atoms with van der Waals surface area (Å²) in [5.41, 5.74) is 4.14. The molecule has 0 spiro atoms. The lowest BCUT2D eigenvalue weighted by Gasteiger charge is -2.08. The summed E-state index contributed by atoms with van der Waals surface area (Å²) >= 11 is 0. The molecule has 4 nitrogen and oxygen atoms in total. The lowest BCUT2D eigenvalue weighted by Crippen LogP contribution is -2.11. The van der Waals surface area contributed by atoms with Crippen LogP contribution in [0.3, 0.4) is 0 Å². The first-order valence-corrected chi connectivity index (χ1v) is 7.25. The monoisotopic (exact) mass is 291 g/mol. The Hall–Kier alpha value is -2.75. The van der Waals surface area contributed by atoms with Crippen LogP contribution in [0.1, 0.15) is 35.7 Å². The number of hydrogen-bond donors (Lipinski definition) is 1. The Morgan fingerprint density at radius 1 is 0.955 bits per heavy atom. The van der Waals surface area contributed by atoms with E-state index in [1.54, 1.807) is 12.4 Å². The summed E-state index contributed by atoms with van der Waals surface area (Å²) < 4.78 is 0. The van der Waals surface area contributed by atoms with E-state index >= 15 is 0 Å². The summed E-state index contributed by atoms with van der Waals surface area (Å²) in [6.07, 6.45) is 3.29. The van der Waals surface area contributed by atoms with Crippen molar-refractivity contribution in [1.29, 1.82) is 0 Å². The second-order valence-electron chi connectivity index (χ2n) is 5.49. The van der Waals surface area contributed by atoms with Gasteiger partial charge in [0, 0.05) is 23.6 Å². The molecule has 1 aromatic heterocycles. The van der Waals surface area contributed by atoms with Crippen LogP contribution in [0, 0.1) is 0 Å². The van der Waals surface area contributed by atoms with Crippen LogP contribution in [-0.2, 0) is 0 Å². The average molecular weight is 291 g/mol. The quantitative estimate of drug-likeness (QED) is 0.793. The Labute approximate surface area is 129 Å². The van der Waals surface area contributed by atoms with Crippen molar-refractivity contribution in [2.75, 3.05) is 5.32 Å². The molecule has 0 aliphatic heterocycles. The summed E-state index contributed by atoms with van der Waals surface area (Å²) in [6, 6.07) is 13.2. The van der Waals surface area contributed by atoms with Gasteiger partial charge in [0.25, 0.3) is 5.91 Å². The van der Waals surface area contributed by atoms with E-state index in [2.05, 4.69) is 29.1 Å². The van der Waals surface area contributed by atoms with E-state index in [1.807, 2.05) is 42.5 Å². The van der Waals surface area contributed by atoms with E-state index in [-0.39, 0.29) is 5.91 Å². The number of amides is 1. The topological polar surface area (TPSA) is 54.9 Å². The zero-order valence-corrected chi connectivity index (χ0v) is 12.6. The van der Waals surface area contributed by atoms with Gasteiger partial charge in [0.2, 0.25) is 0 Å². The van der Waals surface area contributed by atoms with Gasteiger partial charge in [-0.1, -0.05) is 26.0 Å². The van der Waals surface area contributed by atoms with Crippen molar-refractivity contribution < 1.29 is 4.79 Å². The highest BCUT2D eigenvalue weighted by molar-refractivity contribution is 6.04. The van der Waals surface area contributed by atoms with Crippen LogP contribution in [0.4, 0.5) is 5.69 Å². The molecule has 1 heterocycles. The van der Waals surface area contributed by atoms with Crippen LogP contribution in [0.25, 0.3) is 11.0 Å². The van der Waals surface area contributed by atoms with E-state index in [0.29, 0.717) is 17.2 Å². The normalized spacial score (nSPS) is 10.9. The van der Waals surface area contributed by atoms with E-state index < -0.39 is 0 Å². The number of nitrogens with zero attached hydrogens (tertiary/aromatic N) is 2. The molecule has 3 rings (SSSR count). The molecule has 0 aliphatic carbocycles. The van der Waals surface area contributed by atoms with Crippen molar-refractivity contribution in [3.8, 4) is 0 Å². The van der Waals surface area contributed by atoms with Gasteiger partial charge in [-0.3, -0.25) is 14.8 Å². The first-order valence-electron chi connectivity index (χ1n) is 7.25. The molecule has 0 aliphatic rings. The van der Waals surface area contributed by atoms with Gasteiger partial charge < -0.3 is 5.32 Å². The van der Waals surface area contributed by atoms with Crippen molar-refractivity contribution >= 4 is 22.6 Å². The van der Waals surface area contributed by atoms with E-state index in [0.717, 1.165) is 11.0 Å². The minimum absolute atomic E-state index is 0.126. The molecule has 110 valence electrons. The van der Waals surface area contributed by atoms with Crippen molar-refractivity contribution in [2.24, 2.45) is 0 Å². The number of benzene rings is 2. The highest BCUT2D eigenvalue weighted by Gasteiger charge is 2.08. The smallest absolute Gasteiger partial charge is 0.255 e. The Morgan fingerprint density at radius 2 is 1.64 bits per heavy atom.